The molecule has 0 spiro atoms. The smallest absolute Gasteiger partial charge is 0.212 e. The van der Waals surface area contributed by atoms with Crippen LogP contribution < -0.4 is 10.1 Å². The minimum Gasteiger partial charge on any atom is -0.481 e. The van der Waals surface area contributed by atoms with Crippen LogP contribution in [0.1, 0.15) is 18.9 Å². The quantitative estimate of drug-likeness (QED) is 0.853. The topological polar surface area (TPSA) is 37.4 Å². The lowest BCUT2D eigenvalue weighted by atomic mass is 10.2. The highest BCUT2D eigenvalue weighted by molar-refractivity contribution is 5.17. The van der Waals surface area contributed by atoms with Crippen molar-refractivity contribution in [2.45, 2.75) is 32.0 Å². The predicted molar refractivity (Wildman–Crippen MR) is 68.1 cm³/mol. The fourth-order valence-corrected chi connectivity index (χ4v) is 2.24. The largest absolute Gasteiger partial charge is 0.481 e. The number of ether oxygens (including phenoxy) is 1. The molecule has 1 aromatic rings. The zero-order chi connectivity index (χ0) is 12.3. The number of hydrogen-bond acceptors (Lipinski definition) is 4. The Morgan fingerprint density at radius 3 is 2.88 bits per heavy atom. The summed E-state index contributed by atoms with van der Waals surface area (Å²) in [7, 11) is 3.82. The standard InChI is InChI=1S/C13H21N3O/c1-10-6-12(9-16(10)2)14-7-11-4-5-13(17-3)15-8-11/h4-5,8,10,12,14H,6-7,9H2,1-3H3. The van der Waals surface area contributed by atoms with Gasteiger partial charge < -0.3 is 15.0 Å². The number of aromatic nitrogens is 1. The summed E-state index contributed by atoms with van der Waals surface area (Å²) in [6, 6.07) is 5.24. The predicted octanol–water partition coefficient (Wildman–Crippen LogP) is 1.27. The third-order valence-corrected chi connectivity index (χ3v) is 3.49. The Morgan fingerprint density at radius 1 is 1.53 bits per heavy atom. The van der Waals surface area contributed by atoms with Crippen molar-refractivity contribution in [1.29, 1.82) is 0 Å². The number of hydrogen-bond donors (Lipinski definition) is 1. The van der Waals surface area contributed by atoms with Gasteiger partial charge in [-0.3, -0.25) is 0 Å². The second kappa shape index (κ2) is 5.47. The van der Waals surface area contributed by atoms with E-state index in [-0.39, 0.29) is 0 Å². The number of nitrogens with zero attached hydrogens (tertiary/aromatic N) is 2. The molecule has 1 saturated heterocycles. The van der Waals surface area contributed by atoms with Crippen LogP contribution >= 0.6 is 0 Å². The fourth-order valence-electron chi connectivity index (χ4n) is 2.24. The Balaban J connectivity index is 1.81. The van der Waals surface area contributed by atoms with Gasteiger partial charge in [-0.1, -0.05) is 6.07 Å². The van der Waals surface area contributed by atoms with Gasteiger partial charge in [0.2, 0.25) is 5.88 Å². The first-order valence-electron chi connectivity index (χ1n) is 6.11. The highest BCUT2D eigenvalue weighted by atomic mass is 16.5. The van der Waals surface area contributed by atoms with Gasteiger partial charge in [-0.25, -0.2) is 4.98 Å². The summed E-state index contributed by atoms with van der Waals surface area (Å²) < 4.78 is 5.04. The molecule has 2 rings (SSSR count). The van der Waals surface area contributed by atoms with Crippen LogP contribution in [-0.4, -0.2) is 42.7 Å². The van der Waals surface area contributed by atoms with Crippen LogP contribution in [0.15, 0.2) is 18.3 Å². The third-order valence-electron chi connectivity index (χ3n) is 3.49. The van der Waals surface area contributed by atoms with Gasteiger partial charge in [0.25, 0.3) is 0 Å². The van der Waals surface area contributed by atoms with Crippen molar-refractivity contribution in [3.05, 3.63) is 23.9 Å². The zero-order valence-corrected chi connectivity index (χ0v) is 10.8. The highest BCUT2D eigenvalue weighted by Gasteiger charge is 2.25. The molecule has 1 aromatic heterocycles. The van der Waals surface area contributed by atoms with Gasteiger partial charge in [-0.05, 0) is 26.0 Å². The maximum atomic E-state index is 5.04. The van der Waals surface area contributed by atoms with E-state index in [1.54, 1.807) is 7.11 Å². The van der Waals surface area contributed by atoms with E-state index < -0.39 is 0 Å². The molecule has 4 heteroatoms. The number of likely N-dealkylation sites (tertiary alicyclic amines) is 1. The molecule has 1 aliphatic rings. The first-order chi connectivity index (χ1) is 8.19. The Kier molecular flexibility index (Phi) is 3.97. The van der Waals surface area contributed by atoms with E-state index in [1.165, 1.54) is 12.0 Å². The van der Waals surface area contributed by atoms with Crippen LogP contribution in [0.4, 0.5) is 0 Å². The molecule has 0 bridgehead atoms. The van der Waals surface area contributed by atoms with Crippen molar-refractivity contribution in [2.75, 3.05) is 20.7 Å². The normalized spacial score (nSPS) is 25.1. The summed E-state index contributed by atoms with van der Waals surface area (Å²) in [5, 5.41) is 3.57. The lowest BCUT2D eigenvalue weighted by molar-refractivity contribution is 0.326. The van der Waals surface area contributed by atoms with Crippen LogP contribution in [-0.2, 0) is 6.54 Å². The Labute approximate surface area is 103 Å². The minimum absolute atomic E-state index is 0.595. The Hall–Kier alpha value is -1.13. The Morgan fingerprint density at radius 2 is 2.35 bits per heavy atom. The van der Waals surface area contributed by atoms with Crippen molar-refractivity contribution in [1.82, 2.24) is 15.2 Å². The second-order valence-electron chi connectivity index (χ2n) is 4.81. The summed E-state index contributed by atoms with van der Waals surface area (Å²) in [6.45, 7) is 4.28. The zero-order valence-electron chi connectivity index (χ0n) is 10.8. The maximum Gasteiger partial charge on any atom is 0.212 e. The van der Waals surface area contributed by atoms with Crippen molar-refractivity contribution >= 4 is 0 Å². The first kappa shape index (κ1) is 12.3. The molecule has 4 nitrogen and oxygen atoms in total. The van der Waals surface area contributed by atoms with E-state index in [0.717, 1.165) is 13.1 Å². The van der Waals surface area contributed by atoms with Crippen LogP contribution in [0.25, 0.3) is 0 Å². The molecule has 0 saturated carbocycles. The summed E-state index contributed by atoms with van der Waals surface area (Å²) in [5.41, 5.74) is 1.20. The molecule has 0 amide bonds. The van der Waals surface area contributed by atoms with Crippen molar-refractivity contribution in [3.8, 4) is 5.88 Å². The van der Waals surface area contributed by atoms with E-state index in [1.807, 2.05) is 12.3 Å². The van der Waals surface area contributed by atoms with Gasteiger partial charge in [-0.15, -0.1) is 0 Å². The van der Waals surface area contributed by atoms with Gasteiger partial charge in [0.15, 0.2) is 0 Å². The SMILES string of the molecule is COc1ccc(CNC2CC(C)N(C)C2)cn1. The molecule has 2 heterocycles. The van der Waals surface area contributed by atoms with E-state index >= 15 is 0 Å². The van der Waals surface area contributed by atoms with Gasteiger partial charge in [-0.2, -0.15) is 0 Å². The number of nitrogens with one attached hydrogen (secondary N) is 1. The molecule has 17 heavy (non-hydrogen) atoms. The molecule has 2 atom stereocenters. The van der Waals surface area contributed by atoms with Gasteiger partial charge >= 0.3 is 0 Å². The molecule has 1 fully saturated rings. The number of pyridine rings is 1. The van der Waals surface area contributed by atoms with Crippen molar-refractivity contribution in [2.24, 2.45) is 0 Å². The van der Waals surface area contributed by atoms with E-state index in [9.17, 15) is 0 Å². The molecule has 1 aliphatic heterocycles. The van der Waals surface area contributed by atoms with Gasteiger partial charge in [0.05, 0.1) is 7.11 Å². The minimum atomic E-state index is 0.595. The van der Waals surface area contributed by atoms with Crippen LogP contribution in [0.2, 0.25) is 0 Å². The number of likely N-dealkylation sites (N-methyl/N-ethyl adjacent to an activating group) is 1. The number of methoxy groups -OCH3 is 1. The second-order valence-corrected chi connectivity index (χ2v) is 4.81. The lowest BCUT2D eigenvalue weighted by Gasteiger charge is -2.13. The summed E-state index contributed by atoms with van der Waals surface area (Å²) >= 11 is 0. The average Bonchev–Trinajstić information content (AvgIpc) is 2.67. The van der Waals surface area contributed by atoms with Crippen molar-refractivity contribution in [3.63, 3.8) is 0 Å². The van der Waals surface area contributed by atoms with E-state index in [2.05, 4.69) is 35.2 Å². The third kappa shape index (κ3) is 3.17. The van der Waals surface area contributed by atoms with Crippen LogP contribution in [0.5, 0.6) is 5.88 Å². The number of rotatable bonds is 4. The first-order valence-corrected chi connectivity index (χ1v) is 6.11. The van der Waals surface area contributed by atoms with Crippen molar-refractivity contribution < 1.29 is 4.74 Å². The molecule has 2 unspecified atom stereocenters. The molecule has 0 radical (unpaired) electrons. The summed E-state index contributed by atoms with van der Waals surface area (Å²) in [5.74, 6) is 0.669. The van der Waals surface area contributed by atoms with E-state index in [0.29, 0.717) is 18.0 Å². The average molecular weight is 235 g/mol. The summed E-state index contributed by atoms with van der Waals surface area (Å²) in [6.07, 6.45) is 3.09. The maximum absolute atomic E-state index is 5.04. The summed E-state index contributed by atoms with van der Waals surface area (Å²) in [4.78, 5) is 6.59. The molecule has 0 aliphatic carbocycles. The van der Waals surface area contributed by atoms with E-state index in [4.69, 9.17) is 4.74 Å². The highest BCUT2D eigenvalue weighted by Crippen LogP contribution is 2.15. The van der Waals surface area contributed by atoms with Crippen LogP contribution in [0.3, 0.4) is 0 Å². The monoisotopic (exact) mass is 235 g/mol. The van der Waals surface area contributed by atoms with Crippen LogP contribution in [0, 0.1) is 0 Å². The van der Waals surface area contributed by atoms with Gasteiger partial charge in [0.1, 0.15) is 0 Å². The molecule has 0 aromatic carbocycles. The lowest BCUT2D eigenvalue weighted by Crippen LogP contribution is -2.31. The Bertz CT molecular complexity index is 342. The fraction of sp³-hybridized carbons (Fsp3) is 0.615. The molecule has 94 valence electrons. The van der Waals surface area contributed by atoms with Gasteiger partial charge in [0, 0.05) is 37.4 Å². The molecular weight excluding hydrogens is 214 g/mol. The molecular formula is C13H21N3O. The molecule has 1 N–H and O–H groups in total.